The third-order valence-corrected chi connectivity index (χ3v) is 3.99. The first-order valence-corrected chi connectivity index (χ1v) is 7.33. The summed E-state index contributed by atoms with van der Waals surface area (Å²) in [6.07, 6.45) is 1.78. The second-order valence-electron chi connectivity index (χ2n) is 4.63. The number of aryl methyl sites for hydroxylation is 1. The van der Waals surface area contributed by atoms with Crippen molar-refractivity contribution in [3.8, 4) is 0 Å². The Morgan fingerprint density at radius 1 is 1.53 bits per heavy atom. The van der Waals surface area contributed by atoms with Crippen molar-refractivity contribution >= 4 is 33.1 Å². The van der Waals surface area contributed by atoms with E-state index in [2.05, 4.69) is 17.2 Å². The Kier molecular flexibility index (Phi) is 4.50. The number of rotatable bonds is 5. The van der Waals surface area contributed by atoms with Gasteiger partial charge in [-0.05, 0) is 31.5 Å². The molecule has 1 aromatic carbocycles. The molecule has 19 heavy (non-hydrogen) atoms. The molecule has 0 saturated heterocycles. The molecule has 2 rings (SSSR count). The number of nitrogens with zero attached hydrogens (tertiary/aromatic N) is 1. The van der Waals surface area contributed by atoms with Crippen LogP contribution in [0.3, 0.4) is 0 Å². The van der Waals surface area contributed by atoms with E-state index < -0.39 is 0 Å². The molecular weight excluding hydrogens is 258 g/mol. The van der Waals surface area contributed by atoms with Gasteiger partial charge in [-0.25, -0.2) is 4.98 Å². The first-order valence-electron chi connectivity index (χ1n) is 6.52. The highest BCUT2D eigenvalue weighted by atomic mass is 32.1. The average molecular weight is 277 g/mol. The maximum Gasteiger partial charge on any atom is 0.228 e. The number of carbonyl (C=O) groups is 1. The van der Waals surface area contributed by atoms with Crippen molar-refractivity contribution in [1.29, 1.82) is 0 Å². The fourth-order valence-electron chi connectivity index (χ4n) is 2.07. The molecule has 5 heteroatoms. The third-order valence-electron chi connectivity index (χ3n) is 3.06. The number of anilines is 1. The monoisotopic (exact) mass is 277 g/mol. The quantitative estimate of drug-likeness (QED) is 0.883. The Bertz CT molecular complexity index is 579. The first-order chi connectivity index (χ1) is 9.13. The minimum Gasteiger partial charge on any atom is -0.330 e. The molecule has 1 amide bonds. The molecule has 0 bridgehead atoms. The lowest BCUT2D eigenvalue weighted by atomic mass is 10.0. The number of nitrogens with one attached hydrogen (secondary N) is 1. The van der Waals surface area contributed by atoms with Gasteiger partial charge < -0.3 is 11.1 Å². The predicted octanol–water partition coefficient (Wildman–Crippen LogP) is 2.92. The number of aromatic nitrogens is 1. The van der Waals surface area contributed by atoms with Crippen LogP contribution in [0.5, 0.6) is 0 Å². The number of amides is 1. The fraction of sp³-hybridized carbons (Fsp3) is 0.429. The molecule has 0 radical (unpaired) electrons. The summed E-state index contributed by atoms with van der Waals surface area (Å²) in [5.74, 6) is -0.103. The normalized spacial score (nSPS) is 12.6. The Balaban J connectivity index is 2.13. The van der Waals surface area contributed by atoms with Gasteiger partial charge in [-0.15, -0.1) is 11.3 Å². The van der Waals surface area contributed by atoms with Crippen LogP contribution in [0.25, 0.3) is 10.2 Å². The highest BCUT2D eigenvalue weighted by Gasteiger charge is 2.16. The molecular formula is C14H19N3OS. The topological polar surface area (TPSA) is 68.0 Å². The summed E-state index contributed by atoms with van der Waals surface area (Å²) in [6, 6.07) is 5.79. The molecule has 1 atom stereocenters. The number of thiazole rings is 1. The number of carbonyl (C=O) groups excluding carboxylic acids is 1. The van der Waals surface area contributed by atoms with Crippen LogP contribution >= 0.6 is 11.3 Å². The van der Waals surface area contributed by atoms with E-state index in [4.69, 9.17) is 5.73 Å². The van der Waals surface area contributed by atoms with Crippen molar-refractivity contribution in [3.63, 3.8) is 0 Å². The maximum absolute atomic E-state index is 12.1. The van der Waals surface area contributed by atoms with Gasteiger partial charge in [0.15, 0.2) is 0 Å². The molecule has 3 N–H and O–H groups in total. The van der Waals surface area contributed by atoms with Crippen LogP contribution in [0, 0.1) is 12.8 Å². The highest BCUT2D eigenvalue weighted by molar-refractivity contribution is 7.18. The Morgan fingerprint density at radius 2 is 2.32 bits per heavy atom. The molecule has 0 aliphatic carbocycles. The van der Waals surface area contributed by atoms with Crippen molar-refractivity contribution in [2.45, 2.75) is 26.7 Å². The zero-order valence-corrected chi connectivity index (χ0v) is 12.1. The Hall–Kier alpha value is -1.46. The highest BCUT2D eigenvalue weighted by Crippen LogP contribution is 2.25. The smallest absolute Gasteiger partial charge is 0.228 e. The van der Waals surface area contributed by atoms with Crippen LogP contribution in [0.4, 0.5) is 5.69 Å². The molecule has 2 aromatic rings. The van der Waals surface area contributed by atoms with Crippen molar-refractivity contribution in [2.75, 3.05) is 11.9 Å². The molecule has 0 fully saturated rings. The molecule has 0 saturated carbocycles. The van der Waals surface area contributed by atoms with Gasteiger partial charge in [-0.2, -0.15) is 0 Å². The summed E-state index contributed by atoms with van der Waals surface area (Å²) in [7, 11) is 0. The Morgan fingerprint density at radius 3 is 3.00 bits per heavy atom. The van der Waals surface area contributed by atoms with Crippen LogP contribution < -0.4 is 11.1 Å². The molecule has 1 heterocycles. The average Bonchev–Trinajstić information content (AvgIpc) is 2.75. The number of fused-ring (bicyclic) bond motifs is 1. The van der Waals surface area contributed by atoms with Crippen molar-refractivity contribution in [2.24, 2.45) is 11.7 Å². The van der Waals surface area contributed by atoms with E-state index >= 15 is 0 Å². The van der Waals surface area contributed by atoms with Gasteiger partial charge in [0.25, 0.3) is 0 Å². The molecule has 1 unspecified atom stereocenters. The summed E-state index contributed by atoms with van der Waals surface area (Å²) in [5.41, 5.74) is 7.43. The van der Waals surface area contributed by atoms with Gasteiger partial charge in [0.1, 0.15) is 0 Å². The second-order valence-corrected chi connectivity index (χ2v) is 5.86. The minimum atomic E-state index is -0.108. The second kappa shape index (κ2) is 6.12. The minimum absolute atomic E-state index is 0.00457. The first kappa shape index (κ1) is 14.0. The molecule has 4 nitrogen and oxygen atoms in total. The van der Waals surface area contributed by atoms with E-state index in [1.54, 1.807) is 11.3 Å². The standard InChI is InChI=1S/C14H19N3OS/c1-3-4-10(8-15)14(18)17-11-5-6-12-13(7-11)19-9(2)16-12/h5-7,10H,3-4,8,15H2,1-2H3,(H,17,18). The SMILES string of the molecule is CCCC(CN)C(=O)Nc1ccc2nc(C)sc2c1. The molecule has 0 aliphatic rings. The molecule has 0 aliphatic heterocycles. The van der Waals surface area contributed by atoms with Crippen LogP contribution in [-0.4, -0.2) is 17.4 Å². The zero-order valence-electron chi connectivity index (χ0n) is 11.3. The lowest BCUT2D eigenvalue weighted by Gasteiger charge is -2.13. The van der Waals surface area contributed by atoms with Crippen molar-refractivity contribution in [1.82, 2.24) is 4.98 Å². The Labute approximate surface area is 117 Å². The van der Waals surface area contributed by atoms with Crippen LogP contribution in [0.2, 0.25) is 0 Å². The summed E-state index contributed by atoms with van der Waals surface area (Å²) in [5, 5.41) is 3.97. The number of hydrogen-bond acceptors (Lipinski definition) is 4. The fourth-order valence-corrected chi connectivity index (χ4v) is 2.93. The molecule has 102 valence electrons. The van der Waals surface area contributed by atoms with Crippen LogP contribution in [-0.2, 0) is 4.79 Å². The predicted molar refractivity (Wildman–Crippen MR) is 80.4 cm³/mol. The lowest BCUT2D eigenvalue weighted by molar-refractivity contribution is -0.119. The van der Waals surface area contributed by atoms with Gasteiger partial charge >= 0.3 is 0 Å². The molecule has 0 spiro atoms. The summed E-state index contributed by atoms with van der Waals surface area (Å²) < 4.78 is 1.09. The van der Waals surface area contributed by atoms with Gasteiger partial charge in [0.05, 0.1) is 21.1 Å². The van der Waals surface area contributed by atoms with Gasteiger partial charge in [-0.3, -0.25) is 4.79 Å². The maximum atomic E-state index is 12.1. The largest absolute Gasteiger partial charge is 0.330 e. The van der Waals surface area contributed by atoms with E-state index in [0.717, 1.165) is 33.8 Å². The van der Waals surface area contributed by atoms with Crippen LogP contribution in [0.1, 0.15) is 24.8 Å². The van der Waals surface area contributed by atoms with E-state index in [-0.39, 0.29) is 11.8 Å². The van der Waals surface area contributed by atoms with Crippen LogP contribution in [0.15, 0.2) is 18.2 Å². The number of nitrogens with two attached hydrogens (primary N) is 1. The van der Waals surface area contributed by atoms with Gasteiger partial charge in [0.2, 0.25) is 5.91 Å². The summed E-state index contributed by atoms with van der Waals surface area (Å²) in [4.78, 5) is 16.5. The van der Waals surface area contributed by atoms with Crippen molar-refractivity contribution < 1.29 is 4.79 Å². The van der Waals surface area contributed by atoms with Gasteiger partial charge in [0, 0.05) is 12.2 Å². The number of benzene rings is 1. The third kappa shape index (κ3) is 3.30. The van der Waals surface area contributed by atoms with E-state index in [9.17, 15) is 4.79 Å². The number of hydrogen-bond donors (Lipinski definition) is 2. The van der Waals surface area contributed by atoms with E-state index in [1.807, 2.05) is 25.1 Å². The van der Waals surface area contributed by atoms with Crippen molar-refractivity contribution in [3.05, 3.63) is 23.2 Å². The van der Waals surface area contributed by atoms with Gasteiger partial charge in [-0.1, -0.05) is 13.3 Å². The zero-order chi connectivity index (χ0) is 13.8. The van der Waals surface area contributed by atoms with E-state index in [0.29, 0.717) is 6.54 Å². The van der Waals surface area contributed by atoms with E-state index in [1.165, 1.54) is 0 Å². The summed E-state index contributed by atoms with van der Waals surface area (Å²) >= 11 is 1.63. The molecule has 1 aromatic heterocycles. The summed E-state index contributed by atoms with van der Waals surface area (Å²) in [6.45, 7) is 4.43. The lowest BCUT2D eigenvalue weighted by Crippen LogP contribution is -2.29.